The maximum atomic E-state index is 10.2. The first kappa shape index (κ1) is 16.7. The molecule has 1 unspecified atom stereocenters. The van der Waals surface area contributed by atoms with Crippen LogP contribution in [0, 0.1) is 5.92 Å². The largest absolute Gasteiger partial charge is 0.550 e. The van der Waals surface area contributed by atoms with Crippen LogP contribution in [0.25, 0.3) is 10.4 Å². The van der Waals surface area contributed by atoms with E-state index in [1.807, 2.05) is 13.8 Å². The molecule has 0 bridgehead atoms. The Kier molecular flexibility index (Phi) is 9.06. The molecule has 1 fully saturated rings. The van der Waals surface area contributed by atoms with Gasteiger partial charge in [-0.2, -0.15) is 0 Å². The molecule has 1 aliphatic rings. The molecule has 0 spiro atoms. The van der Waals surface area contributed by atoms with Crippen molar-refractivity contribution in [3.63, 3.8) is 0 Å². The first-order chi connectivity index (χ1) is 8.47. The van der Waals surface area contributed by atoms with Crippen molar-refractivity contribution in [2.45, 2.75) is 64.5 Å². The third-order valence-electron chi connectivity index (χ3n) is 2.88. The molecular weight excluding hydrogens is 232 g/mol. The second-order valence-electron chi connectivity index (χ2n) is 5.17. The Hall–Kier alpha value is -1.26. The molecule has 0 aromatic carbocycles. The highest BCUT2D eigenvalue weighted by molar-refractivity contribution is 5.71. The van der Waals surface area contributed by atoms with Crippen LogP contribution in [0.2, 0.25) is 0 Å². The van der Waals surface area contributed by atoms with Gasteiger partial charge in [-0.05, 0) is 43.6 Å². The smallest absolute Gasteiger partial charge is 0.0843 e. The SMILES string of the molecule is CC(C)CC(N=[N+]=[N-])C(=O)[O-].[NH3+]C1CCCCC1. The van der Waals surface area contributed by atoms with Crippen LogP contribution in [-0.2, 0) is 4.79 Å². The molecule has 1 atom stereocenters. The second kappa shape index (κ2) is 9.74. The standard InChI is InChI=1S/C6H11N3O2.C6H13N/c1-4(2)3-5(6(10)11)8-9-7;7-6-4-2-1-3-5-6/h4-5H,3H2,1-2H3,(H,10,11);6H,1-5,7H2. The highest BCUT2D eigenvalue weighted by Gasteiger charge is 2.10. The second-order valence-corrected chi connectivity index (χ2v) is 5.17. The highest BCUT2D eigenvalue weighted by atomic mass is 16.4. The first-order valence-electron chi connectivity index (χ1n) is 6.55. The van der Waals surface area contributed by atoms with E-state index < -0.39 is 12.0 Å². The van der Waals surface area contributed by atoms with Crippen molar-refractivity contribution in [2.24, 2.45) is 11.0 Å². The number of hydrogen-bond donors (Lipinski definition) is 1. The average molecular weight is 256 g/mol. The zero-order chi connectivity index (χ0) is 14.0. The number of quaternary nitrogens is 1. The maximum absolute atomic E-state index is 10.2. The monoisotopic (exact) mass is 256 g/mol. The molecule has 0 amide bonds. The summed E-state index contributed by atoms with van der Waals surface area (Å²) < 4.78 is 0. The molecule has 1 saturated carbocycles. The molecule has 0 aliphatic heterocycles. The normalized spacial score (nSPS) is 17.3. The molecule has 18 heavy (non-hydrogen) atoms. The molecule has 1 aliphatic carbocycles. The van der Waals surface area contributed by atoms with Crippen molar-refractivity contribution in [1.29, 1.82) is 0 Å². The van der Waals surface area contributed by atoms with E-state index in [1.165, 1.54) is 32.1 Å². The number of hydrogen-bond acceptors (Lipinski definition) is 3. The quantitative estimate of drug-likeness (QED) is 0.459. The number of aliphatic carboxylic acids is 1. The van der Waals surface area contributed by atoms with Crippen molar-refractivity contribution >= 4 is 5.97 Å². The number of carbonyl (C=O) groups is 1. The number of nitrogens with zero attached hydrogens (tertiary/aromatic N) is 3. The van der Waals surface area contributed by atoms with Gasteiger partial charge < -0.3 is 15.6 Å². The molecular formula is C12H24N4O2. The molecule has 0 heterocycles. The molecule has 0 radical (unpaired) electrons. The lowest BCUT2D eigenvalue weighted by Gasteiger charge is -2.13. The van der Waals surface area contributed by atoms with Gasteiger partial charge in [0.1, 0.15) is 0 Å². The summed E-state index contributed by atoms with van der Waals surface area (Å²) in [6.07, 6.45) is 7.38. The van der Waals surface area contributed by atoms with E-state index >= 15 is 0 Å². The van der Waals surface area contributed by atoms with Crippen molar-refractivity contribution in [2.75, 3.05) is 0 Å². The van der Waals surface area contributed by atoms with Crippen molar-refractivity contribution in [1.82, 2.24) is 0 Å². The van der Waals surface area contributed by atoms with E-state index in [9.17, 15) is 9.90 Å². The van der Waals surface area contributed by atoms with Crippen molar-refractivity contribution in [3.05, 3.63) is 10.4 Å². The van der Waals surface area contributed by atoms with E-state index in [-0.39, 0.29) is 5.92 Å². The number of rotatable bonds is 4. The minimum absolute atomic E-state index is 0.184. The Bertz CT molecular complexity index is 280. The summed E-state index contributed by atoms with van der Waals surface area (Å²) in [7, 11) is 0. The molecule has 6 heteroatoms. The molecule has 3 N–H and O–H groups in total. The molecule has 1 rings (SSSR count). The van der Waals surface area contributed by atoms with Gasteiger partial charge in [-0.15, -0.1) is 0 Å². The minimum atomic E-state index is -1.31. The highest BCUT2D eigenvalue weighted by Crippen LogP contribution is 2.13. The van der Waals surface area contributed by atoms with E-state index in [0.29, 0.717) is 6.42 Å². The van der Waals surface area contributed by atoms with Gasteiger partial charge in [0.05, 0.1) is 18.1 Å². The Labute approximate surface area is 108 Å². The fourth-order valence-electron chi connectivity index (χ4n) is 1.89. The Morgan fingerprint density at radius 2 is 2.00 bits per heavy atom. The third-order valence-corrected chi connectivity index (χ3v) is 2.88. The Balaban J connectivity index is 0.000000351. The predicted molar refractivity (Wildman–Crippen MR) is 67.2 cm³/mol. The van der Waals surface area contributed by atoms with Crippen LogP contribution in [0.5, 0.6) is 0 Å². The van der Waals surface area contributed by atoms with Crippen LogP contribution in [-0.4, -0.2) is 18.1 Å². The lowest BCUT2D eigenvalue weighted by molar-refractivity contribution is -0.425. The summed E-state index contributed by atoms with van der Waals surface area (Å²) in [4.78, 5) is 12.7. The van der Waals surface area contributed by atoms with Crippen LogP contribution < -0.4 is 10.8 Å². The average Bonchev–Trinajstić information content (AvgIpc) is 2.29. The molecule has 0 aromatic heterocycles. The van der Waals surface area contributed by atoms with Gasteiger partial charge in [0, 0.05) is 4.91 Å². The minimum Gasteiger partial charge on any atom is -0.550 e. The lowest BCUT2D eigenvalue weighted by Crippen LogP contribution is -2.61. The summed E-state index contributed by atoms with van der Waals surface area (Å²) in [5.41, 5.74) is 12.0. The van der Waals surface area contributed by atoms with Crippen LogP contribution >= 0.6 is 0 Å². The summed E-state index contributed by atoms with van der Waals surface area (Å²) in [6.45, 7) is 3.70. The molecule has 0 aromatic rings. The van der Waals surface area contributed by atoms with E-state index in [4.69, 9.17) is 5.53 Å². The van der Waals surface area contributed by atoms with Gasteiger partial charge in [0.15, 0.2) is 0 Å². The fourth-order valence-corrected chi connectivity index (χ4v) is 1.89. The zero-order valence-corrected chi connectivity index (χ0v) is 11.3. The molecule has 0 saturated heterocycles. The first-order valence-corrected chi connectivity index (χ1v) is 6.55. The van der Waals surface area contributed by atoms with Gasteiger partial charge >= 0.3 is 0 Å². The predicted octanol–water partition coefficient (Wildman–Crippen LogP) is 1.02. The van der Waals surface area contributed by atoms with Crippen molar-refractivity contribution in [3.8, 4) is 0 Å². The molecule has 104 valence electrons. The van der Waals surface area contributed by atoms with Crippen LogP contribution in [0.1, 0.15) is 52.4 Å². The van der Waals surface area contributed by atoms with E-state index in [2.05, 4.69) is 15.8 Å². The fraction of sp³-hybridized carbons (Fsp3) is 0.917. The van der Waals surface area contributed by atoms with Crippen LogP contribution in [0.15, 0.2) is 5.11 Å². The number of azide groups is 1. The lowest BCUT2D eigenvalue weighted by atomic mass is 9.97. The maximum Gasteiger partial charge on any atom is 0.0843 e. The van der Waals surface area contributed by atoms with E-state index in [1.54, 1.807) is 0 Å². The summed E-state index contributed by atoms with van der Waals surface area (Å²) in [5, 5.41) is 13.3. The number of carboxylic acids is 1. The van der Waals surface area contributed by atoms with E-state index in [0.717, 1.165) is 6.04 Å². The number of carboxylic acid groups (broad SMARTS) is 1. The molecule has 6 nitrogen and oxygen atoms in total. The van der Waals surface area contributed by atoms with Crippen LogP contribution in [0.4, 0.5) is 0 Å². The van der Waals surface area contributed by atoms with Crippen LogP contribution in [0.3, 0.4) is 0 Å². The van der Waals surface area contributed by atoms with Gasteiger partial charge in [0.2, 0.25) is 0 Å². The summed E-state index contributed by atoms with van der Waals surface area (Å²) >= 11 is 0. The van der Waals surface area contributed by atoms with Gasteiger partial charge in [-0.1, -0.05) is 25.4 Å². The Morgan fingerprint density at radius 1 is 1.44 bits per heavy atom. The third kappa shape index (κ3) is 8.84. The van der Waals surface area contributed by atoms with Gasteiger partial charge in [-0.25, -0.2) is 0 Å². The summed E-state index contributed by atoms with van der Waals surface area (Å²) in [6, 6.07) is -0.242. The number of carbonyl (C=O) groups excluding carboxylic acids is 1. The zero-order valence-electron chi connectivity index (χ0n) is 11.3. The summed E-state index contributed by atoms with van der Waals surface area (Å²) in [5.74, 6) is -1.13. The van der Waals surface area contributed by atoms with Gasteiger partial charge in [0.25, 0.3) is 0 Å². The van der Waals surface area contributed by atoms with Gasteiger partial charge in [-0.3, -0.25) is 0 Å². The van der Waals surface area contributed by atoms with Crippen molar-refractivity contribution < 1.29 is 15.6 Å². The Morgan fingerprint density at radius 3 is 2.28 bits per heavy atom. The topological polar surface area (TPSA) is 117 Å².